The van der Waals surface area contributed by atoms with Crippen LogP contribution in [-0.4, -0.2) is 34.0 Å². The number of benzene rings is 1. The van der Waals surface area contributed by atoms with Crippen molar-refractivity contribution in [1.82, 2.24) is 9.88 Å². The van der Waals surface area contributed by atoms with Crippen molar-refractivity contribution in [2.24, 2.45) is 0 Å². The Morgan fingerprint density at radius 2 is 2.33 bits per heavy atom. The number of fused-ring (bicyclic) bond motifs is 1. The van der Waals surface area contributed by atoms with Gasteiger partial charge in [-0.1, -0.05) is 6.92 Å². The van der Waals surface area contributed by atoms with E-state index in [2.05, 4.69) is 4.98 Å². The highest BCUT2D eigenvalue weighted by Crippen LogP contribution is 2.28. The van der Waals surface area contributed by atoms with Gasteiger partial charge in [-0.3, -0.25) is 4.79 Å². The van der Waals surface area contributed by atoms with Crippen molar-refractivity contribution in [2.75, 3.05) is 13.2 Å². The second-order valence-electron chi connectivity index (χ2n) is 4.84. The summed E-state index contributed by atoms with van der Waals surface area (Å²) in [7, 11) is 0. The fraction of sp³-hybridized carbons (Fsp3) is 0.333. The summed E-state index contributed by atoms with van der Waals surface area (Å²) >= 11 is 0. The molecular formula is C15H16N2O4. The molecule has 0 fully saturated rings. The van der Waals surface area contributed by atoms with E-state index < -0.39 is 0 Å². The van der Waals surface area contributed by atoms with Gasteiger partial charge in [0.2, 0.25) is 0 Å². The van der Waals surface area contributed by atoms with Crippen LogP contribution in [0.5, 0.6) is 11.5 Å². The zero-order valence-electron chi connectivity index (χ0n) is 11.7. The third-order valence-electron chi connectivity index (χ3n) is 3.48. The molecule has 2 heterocycles. The van der Waals surface area contributed by atoms with Gasteiger partial charge >= 0.3 is 0 Å². The van der Waals surface area contributed by atoms with Crippen molar-refractivity contribution in [1.29, 1.82) is 0 Å². The Morgan fingerprint density at radius 1 is 1.48 bits per heavy atom. The summed E-state index contributed by atoms with van der Waals surface area (Å²) in [6.45, 7) is 3.18. The number of oxazole rings is 1. The molecule has 1 amide bonds. The van der Waals surface area contributed by atoms with E-state index in [0.29, 0.717) is 43.3 Å². The summed E-state index contributed by atoms with van der Waals surface area (Å²) < 4.78 is 10.8. The van der Waals surface area contributed by atoms with Gasteiger partial charge in [-0.15, -0.1) is 0 Å². The highest BCUT2D eigenvalue weighted by molar-refractivity contribution is 5.93. The van der Waals surface area contributed by atoms with Crippen LogP contribution >= 0.6 is 0 Å². The van der Waals surface area contributed by atoms with Crippen LogP contribution < -0.4 is 4.74 Å². The predicted octanol–water partition coefficient (Wildman–Crippen LogP) is 1.98. The maximum absolute atomic E-state index is 12.6. The summed E-state index contributed by atoms with van der Waals surface area (Å²) in [5.74, 6) is 1.20. The number of rotatable bonds is 2. The molecule has 6 heteroatoms. The number of phenolic OH excluding ortho intramolecular Hbond substituents is 1. The maximum Gasteiger partial charge on any atom is 0.276 e. The van der Waals surface area contributed by atoms with Crippen molar-refractivity contribution in [3.63, 3.8) is 0 Å². The van der Waals surface area contributed by atoms with Crippen molar-refractivity contribution in [2.45, 2.75) is 19.9 Å². The van der Waals surface area contributed by atoms with Gasteiger partial charge in [0.05, 0.1) is 6.54 Å². The van der Waals surface area contributed by atoms with E-state index in [1.165, 1.54) is 6.39 Å². The van der Waals surface area contributed by atoms with Crippen molar-refractivity contribution in [3.05, 3.63) is 41.6 Å². The van der Waals surface area contributed by atoms with Gasteiger partial charge in [0.1, 0.15) is 23.9 Å². The van der Waals surface area contributed by atoms with E-state index in [1.54, 1.807) is 23.1 Å². The van der Waals surface area contributed by atoms with Gasteiger partial charge in [0, 0.05) is 24.6 Å². The Balaban J connectivity index is 1.86. The van der Waals surface area contributed by atoms with Crippen LogP contribution in [0.1, 0.15) is 28.7 Å². The first-order chi connectivity index (χ1) is 10.2. The molecule has 0 radical (unpaired) electrons. The van der Waals surface area contributed by atoms with Crippen molar-refractivity contribution < 1.29 is 19.1 Å². The normalized spacial score (nSPS) is 14.2. The van der Waals surface area contributed by atoms with E-state index in [0.717, 1.165) is 5.56 Å². The summed E-state index contributed by atoms with van der Waals surface area (Å²) in [6.07, 6.45) is 1.92. The molecule has 1 aromatic carbocycles. The highest BCUT2D eigenvalue weighted by atomic mass is 16.5. The summed E-state index contributed by atoms with van der Waals surface area (Å²) in [5, 5.41) is 9.49. The Morgan fingerprint density at radius 3 is 3.14 bits per heavy atom. The lowest BCUT2D eigenvalue weighted by Crippen LogP contribution is -2.33. The number of carbonyl (C=O) groups is 1. The number of aryl methyl sites for hydroxylation is 1. The zero-order chi connectivity index (χ0) is 14.8. The van der Waals surface area contributed by atoms with E-state index in [1.807, 2.05) is 6.92 Å². The molecule has 1 aliphatic heterocycles. The average molecular weight is 288 g/mol. The van der Waals surface area contributed by atoms with E-state index in [4.69, 9.17) is 9.15 Å². The highest BCUT2D eigenvalue weighted by Gasteiger charge is 2.25. The standard InChI is InChI=1S/C15H16N2O4/c1-2-12-14(16-9-21-12)15(19)17-5-6-20-13-7-11(18)4-3-10(13)8-17/h3-4,7,9,18H,2,5-6,8H2,1H3. The molecule has 0 spiro atoms. The van der Waals surface area contributed by atoms with Crippen molar-refractivity contribution in [3.8, 4) is 11.5 Å². The van der Waals surface area contributed by atoms with E-state index >= 15 is 0 Å². The molecule has 0 saturated heterocycles. The number of carbonyl (C=O) groups excluding carboxylic acids is 1. The van der Waals surface area contributed by atoms with Gasteiger partial charge in [-0.25, -0.2) is 4.98 Å². The third kappa shape index (κ3) is 2.56. The van der Waals surface area contributed by atoms with Crippen LogP contribution in [-0.2, 0) is 13.0 Å². The first-order valence-corrected chi connectivity index (χ1v) is 6.85. The van der Waals surface area contributed by atoms with Crippen LogP contribution in [0.15, 0.2) is 29.0 Å². The number of nitrogens with zero attached hydrogens (tertiary/aromatic N) is 2. The van der Waals surface area contributed by atoms with Crippen molar-refractivity contribution >= 4 is 5.91 Å². The summed E-state index contributed by atoms with van der Waals surface area (Å²) in [5.41, 5.74) is 1.22. The maximum atomic E-state index is 12.6. The monoisotopic (exact) mass is 288 g/mol. The Bertz CT molecular complexity index is 665. The fourth-order valence-electron chi connectivity index (χ4n) is 2.38. The van der Waals surface area contributed by atoms with Crippen LogP contribution in [0.3, 0.4) is 0 Å². The molecule has 0 atom stereocenters. The van der Waals surface area contributed by atoms with Crippen LogP contribution in [0.25, 0.3) is 0 Å². The number of aromatic nitrogens is 1. The molecule has 0 saturated carbocycles. The largest absolute Gasteiger partial charge is 0.508 e. The molecule has 110 valence electrons. The van der Waals surface area contributed by atoms with E-state index in [9.17, 15) is 9.90 Å². The second kappa shape index (κ2) is 5.47. The summed E-state index contributed by atoms with van der Waals surface area (Å²) in [6, 6.07) is 4.92. The number of amides is 1. The number of hydrogen-bond donors (Lipinski definition) is 1. The van der Waals surface area contributed by atoms with Gasteiger partial charge < -0.3 is 19.2 Å². The third-order valence-corrected chi connectivity index (χ3v) is 3.48. The zero-order valence-corrected chi connectivity index (χ0v) is 11.7. The molecule has 0 bridgehead atoms. The molecule has 1 aromatic heterocycles. The van der Waals surface area contributed by atoms with E-state index in [-0.39, 0.29) is 11.7 Å². The quantitative estimate of drug-likeness (QED) is 0.914. The Labute approximate surface area is 122 Å². The van der Waals surface area contributed by atoms with Gasteiger partial charge in [-0.2, -0.15) is 0 Å². The van der Waals surface area contributed by atoms with Crippen LogP contribution in [0, 0.1) is 0 Å². The lowest BCUT2D eigenvalue weighted by molar-refractivity contribution is 0.0725. The second-order valence-corrected chi connectivity index (χ2v) is 4.84. The topological polar surface area (TPSA) is 75.8 Å². The predicted molar refractivity (Wildman–Crippen MR) is 74.2 cm³/mol. The minimum absolute atomic E-state index is 0.151. The Hall–Kier alpha value is -2.50. The number of phenols is 1. The minimum atomic E-state index is -0.162. The molecular weight excluding hydrogens is 272 g/mol. The van der Waals surface area contributed by atoms with Crippen LogP contribution in [0.2, 0.25) is 0 Å². The van der Waals surface area contributed by atoms with Gasteiger partial charge in [0.25, 0.3) is 5.91 Å². The first kappa shape index (κ1) is 13.5. The molecule has 0 aliphatic carbocycles. The minimum Gasteiger partial charge on any atom is -0.508 e. The number of ether oxygens (including phenoxy) is 1. The number of hydrogen-bond acceptors (Lipinski definition) is 5. The molecule has 21 heavy (non-hydrogen) atoms. The van der Waals surface area contributed by atoms with Crippen LogP contribution in [0.4, 0.5) is 0 Å². The lowest BCUT2D eigenvalue weighted by atomic mass is 10.1. The molecule has 2 aromatic rings. The summed E-state index contributed by atoms with van der Waals surface area (Å²) in [4.78, 5) is 18.3. The van der Waals surface area contributed by atoms with Gasteiger partial charge in [-0.05, 0) is 12.1 Å². The molecule has 1 aliphatic rings. The molecule has 6 nitrogen and oxygen atoms in total. The fourth-order valence-corrected chi connectivity index (χ4v) is 2.38. The Kier molecular flexibility index (Phi) is 3.51. The average Bonchev–Trinajstić information content (AvgIpc) is 2.86. The van der Waals surface area contributed by atoms with Gasteiger partial charge in [0.15, 0.2) is 12.1 Å². The molecule has 1 N–H and O–H groups in total. The SMILES string of the molecule is CCc1ocnc1C(=O)N1CCOc2cc(O)ccc2C1. The lowest BCUT2D eigenvalue weighted by Gasteiger charge is -2.18. The molecule has 3 rings (SSSR count). The number of aromatic hydroxyl groups is 1. The smallest absolute Gasteiger partial charge is 0.276 e. The molecule has 0 unspecified atom stereocenters. The first-order valence-electron chi connectivity index (χ1n) is 6.85.